The number of carboxylic acids is 1. The number of carbonyl (C=O) groups excluding carboxylic acids is 1. The molecule has 7 fully saturated rings. The zero-order valence-electron chi connectivity index (χ0n) is 40.2. The molecule has 0 amide bonds. The van der Waals surface area contributed by atoms with Gasteiger partial charge in [0.1, 0.15) is 67.1 Å². The Kier molecular flexibility index (Phi) is 14.5. The lowest BCUT2D eigenvalue weighted by atomic mass is 9.33. The van der Waals surface area contributed by atoms with E-state index in [1.165, 1.54) is 0 Å². The van der Waals surface area contributed by atoms with E-state index in [-0.39, 0.29) is 29.6 Å². The Morgan fingerprint density at radius 2 is 1.22 bits per heavy atom. The van der Waals surface area contributed by atoms with E-state index in [4.69, 9.17) is 28.4 Å². The van der Waals surface area contributed by atoms with Gasteiger partial charge in [0.25, 0.3) is 0 Å². The second-order valence-corrected chi connectivity index (χ2v) is 23.5. The third kappa shape index (κ3) is 8.25. The molecule has 8 rings (SSSR count). The van der Waals surface area contributed by atoms with Crippen LogP contribution in [-0.2, 0) is 38.0 Å². The average molecular weight is 989 g/mol. The van der Waals surface area contributed by atoms with E-state index in [9.17, 15) is 76.0 Å². The number of aliphatic carboxylic acids is 1. The highest BCUT2D eigenvalue weighted by Gasteiger charge is 2.72. The third-order valence-electron chi connectivity index (χ3n) is 19.4. The SMILES string of the molecule is CC1(C)CC[C@]2(C(=O)O[C@@H]3O[C@H](CO)[C@@H](O)[C@H](O)[C@H]3O)CC[C@]3(C)C(=CCC4[C@@]5(C)C[C@H](O)[C@H](O[C@@H]6O[C@H](C(=O)O)[C@@H](O[C@@H]7O[C@H](CO)[C@H](O)[C@H](O)[C@H]7O)[C@H](O)[C@H]6O)[C@@](C)(CO)C5CC[C@]43C)C2C1. The van der Waals surface area contributed by atoms with Crippen molar-refractivity contribution >= 4 is 11.9 Å². The Morgan fingerprint density at radius 1 is 0.652 bits per heavy atom. The van der Waals surface area contributed by atoms with Crippen LogP contribution < -0.4 is 0 Å². The Bertz CT molecular complexity index is 1930. The smallest absolute Gasteiger partial charge is 0.335 e. The molecular formula is C48H76O21. The molecule has 4 saturated carbocycles. The van der Waals surface area contributed by atoms with Crippen LogP contribution in [0.2, 0.25) is 0 Å². The number of aliphatic hydroxyl groups is 12. The van der Waals surface area contributed by atoms with Crippen molar-refractivity contribution in [2.45, 2.75) is 204 Å². The van der Waals surface area contributed by atoms with Crippen LogP contribution in [0.15, 0.2) is 11.6 Å². The number of carbonyl (C=O) groups is 2. The molecule has 3 aliphatic heterocycles. The lowest BCUT2D eigenvalue weighted by molar-refractivity contribution is -0.369. The Labute approximate surface area is 400 Å². The molecular weight excluding hydrogens is 913 g/mol. The summed E-state index contributed by atoms with van der Waals surface area (Å²) in [6, 6.07) is 0. The number of aliphatic hydroxyl groups excluding tert-OH is 12. The molecule has 69 heavy (non-hydrogen) atoms. The maximum atomic E-state index is 14.7. The molecule has 0 aromatic carbocycles. The Hall–Kier alpha value is -2.00. The fourth-order valence-electron chi connectivity index (χ4n) is 15.2. The van der Waals surface area contributed by atoms with Crippen LogP contribution in [0.3, 0.4) is 0 Å². The maximum absolute atomic E-state index is 14.7. The van der Waals surface area contributed by atoms with Crippen LogP contribution in [0, 0.1) is 50.2 Å². The molecule has 21 heteroatoms. The summed E-state index contributed by atoms with van der Waals surface area (Å²) in [5, 5.41) is 139. The van der Waals surface area contributed by atoms with E-state index in [0.29, 0.717) is 44.9 Å². The molecule has 3 saturated heterocycles. The van der Waals surface area contributed by atoms with Gasteiger partial charge in [-0.3, -0.25) is 4.79 Å². The van der Waals surface area contributed by atoms with E-state index in [2.05, 4.69) is 40.7 Å². The molecule has 394 valence electrons. The first-order valence-corrected chi connectivity index (χ1v) is 24.6. The van der Waals surface area contributed by atoms with Crippen LogP contribution >= 0.6 is 0 Å². The zero-order valence-corrected chi connectivity index (χ0v) is 40.2. The van der Waals surface area contributed by atoms with E-state index in [1.807, 2.05) is 0 Å². The van der Waals surface area contributed by atoms with Gasteiger partial charge < -0.3 is 94.8 Å². The summed E-state index contributed by atoms with van der Waals surface area (Å²) in [7, 11) is 0. The second kappa shape index (κ2) is 18.7. The molecule has 25 atom stereocenters. The standard InChI is InChI=1S/C48H76O21/c1-43(2)11-13-48(42(63)69-40-33(59)30(56)28(54)24(18-50)65-40)14-12-46(5)20(21(48)15-43)7-8-26-44(3)16-22(52)37(45(4,19-51)25(44)9-10-47(26,46)6)68-41-34(60)31(57)35(36(67-41)38(61)62)66-39-32(58)29(55)27(53)23(17-49)64-39/h7,21-37,39-41,49-60H,8-19H2,1-6H3,(H,61,62)/t21?,22-,23+,24+,25?,26?,27-,28+,29-,30-,31+,32+,33+,34+,35-,36-,37-,39-,40-,41-,44-,45-,46+,47+,48-/m0/s1. The molecule has 5 aliphatic carbocycles. The van der Waals surface area contributed by atoms with Gasteiger partial charge in [0.15, 0.2) is 18.7 Å². The molecule has 3 heterocycles. The lowest BCUT2D eigenvalue weighted by Crippen LogP contribution is -2.70. The van der Waals surface area contributed by atoms with Crippen LogP contribution in [-0.4, -0.2) is 202 Å². The highest BCUT2D eigenvalue weighted by atomic mass is 16.8. The molecule has 3 unspecified atom stereocenters. The average Bonchev–Trinajstić information content (AvgIpc) is 3.29. The van der Waals surface area contributed by atoms with Crippen molar-refractivity contribution in [3.63, 3.8) is 0 Å². The van der Waals surface area contributed by atoms with Crippen molar-refractivity contribution in [3.8, 4) is 0 Å². The minimum atomic E-state index is -2.07. The number of allylic oxidation sites excluding steroid dienone is 2. The highest BCUT2D eigenvalue weighted by molar-refractivity contribution is 5.79. The lowest BCUT2D eigenvalue weighted by Gasteiger charge is -2.71. The second-order valence-electron chi connectivity index (χ2n) is 23.5. The van der Waals surface area contributed by atoms with Gasteiger partial charge in [0.2, 0.25) is 6.29 Å². The van der Waals surface area contributed by atoms with Gasteiger partial charge in [-0.2, -0.15) is 0 Å². The summed E-state index contributed by atoms with van der Waals surface area (Å²) in [5.41, 5.74) is -2.65. The molecule has 0 aromatic rings. The van der Waals surface area contributed by atoms with Crippen molar-refractivity contribution in [1.29, 1.82) is 0 Å². The van der Waals surface area contributed by atoms with Crippen molar-refractivity contribution in [1.82, 2.24) is 0 Å². The number of esters is 1. The maximum Gasteiger partial charge on any atom is 0.335 e. The summed E-state index contributed by atoms with van der Waals surface area (Å²) in [4.78, 5) is 27.3. The van der Waals surface area contributed by atoms with Crippen LogP contribution in [0.4, 0.5) is 0 Å². The number of ether oxygens (including phenoxy) is 6. The quantitative estimate of drug-likeness (QED) is 0.0651. The first-order chi connectivity index (χ1) is 32.2. The summed E-state index contributed by atoms with van der Waals surface area (Å²) in [6.07, 6.45) is -22.0. The van der Waals surface area contributed by atoms with E-state index >= 15 is 0 Å². The molecule has 8 aliphatic rings. The topological polar surface area (TPSA) is 353 Å². The molecule has 21 nitrogen and oxygen atoms in total. The Balaban J connectivity index is 1.04. The van der Waals surface area contributed by atoms with Gasteiger partial charge in [0.05, 0.1) is 37.4 Å². The fourth-order valence-corrected chi connectivity index (χ4v) is 15.2. The monoisotopic (exact) mass is 988 g/mol. The number of hydrogen-bond donors (Lipinski definition) is 13. The van der Waals surface area contributed by atoms with Crippen molar-refractivity contribution in [3.05, 3.63) is 11.6 Å². The van der Waals surface area contributed by atoms with Crippen LogP contribution in [0.1, 0.15) is 99.3 Å². The predicted octanol–water partition coefficient (Wildman–Crippen LogP) is -1.82. The fraction of sp³-hybridized carbons (Fsp3) is 0.917. The highest BCUT2D eigenvalue weighted by Crippen LogP contribution is 2.76. The van der Waals surface area contributed by atoms with Gasteiger partial charge >= 0.3 is 11.9 Å². The minimum absolute atomic E-state index is 0.0563. The van der Waals surface area contributed by atoms with Gasteiger partial charge in [-0.15, -0.1) is 0 Å². The van der Waals surface area contributed by atoms with E-state index in [0.717, 1.165) is 12.0 Å². The summed E-state index contributed by atoms with van der Waals surface area (Å²) >= 11 is 0. The van der Waals surface area contributed by atoms with E-state index < -0.39 is 163 Å². The molecule has 0 radical (unpaired) electrons. The molecule has 0 spiro atoms. The number of hydrogen-bond acceptors (Lipinski definition) is 20. The summed E-state index contributed by atoms with van der Waals surface area (Å²) in [5.74, 6) is -2.85. The third-order valence-corrected chi connectivity index (χ3v) is 19.4. The minimum Gasteiger partial charge on any atom is -0.479 e. The van der Waals surface area contributed by atoms with Crippen molar-refractivity contribution < 1.29 is 104 Å². The van der Waals surface area contributed by atoms with Gasteiger partial charge in [-0.1, -0.05) is 53.2 Å². The number of carboxylic acid groups (broad SMARTS) is 1. The van der Waals surface area contributed by atoms with Crippen molar-refractivity contribution in [2.75, 3.05) is 19.8 Å². The van der Waals surface area contributed by atoms with Gasteiger partial charge in [-0.05, 0) is 97.2 Å². The Morgan fingerprint density at radius 3 is 1.81 bits per heavy atom. The zero-order chi connectivity index (χ0) is 50.7. The molecule has 0 bridgehead atoms. The van der Waals surface area contributed by atoms with Crippen molar-refractivity contribution in [2.24, 2.45) is 50.2 Å². The molecule has 0 aromatic heterocycles. The van der Waals surface area contributed by atoms with Gasteiger partial charge in [0, 0.05) is 5.41 Å². The first kappa shape index (κ1) is 53.3. The van der Waals surface area contributed by atoms with Crippen LogP contribution in [0.5, 0.6) is 0 Å². The van der Waals surface area contributed by atoms with Gasteiger partial charge in [-0.25, -0.2) is 4.79 Å². The molecule has 13 N–H and O–H groups in total. The predicted molar refractivity (Wildman–Crippen MR) is 234 cm³/mol. The number of fused-ring (bicyclic) bond motifs is 7. The first-order valence-electron chi connectivity index (χ1n) is 24.6. The largest absolute Gasteiger partial charge is 0.479 e. The van der Waals surface area contributed by atoms with Crippen LogP contribution in [0.25, 0.3) is 0 Å². The van der Waals surface area contributed by atoms with E-state index in [1.54, 1.807) is 6.92 Å². The summed E-state index contributed by atoms with van der Waals surface area (Å²) < 4.78 is 34.6. The summed E-state index contributed by atoms with van der Waals surface area (Å²) in [6.45, 7) is 10.9. The normalized spacial score (nSPS) is 53.9. The number of rotatable bonds is 10.